The summed E-state index contributed by atoms with van der Waals surface area (Å²) in [4.78, 5) is 13.8. The maximum atomic E-state index is 11.9. The molecule has 1 N–H and O–H groups in total. The highest BCUT2D eigenvalue weighted by Crippen LogP contribution is 2.31. The number of unbranched alkanes of at least 4 members (excludes halogenated alkanes) is 2. The summed E-state index contributed by atoms with van der Waals surface area (Å²) in [5, 5.41) is 2.97. The van der Waals surface area contributed by atoms with Gasteiger partial charge < -0.3 is 19.7 Å². The Morgan fingerprint density at radius 2 is 1.89 bits per heavy atom. The Morgan fingerprint density at radius 1 is 1.22 bits per heavy atom. The SMILES string of the molecule is CCCCCNC(=O)N1CCC2(CC1)OCCO2. The van der Waals surface area contributed by atoms with E-state index >= 15 is 0 Å². The number of carbonyl (C=O) groups excluding carboxylic acids is 1. The van der Waals surface area contributed by atoms with Gasteiger partial charge in [0.15, 0.2) is 5.79 Å². The van der Waals surface area contributed by atoms with E-state index in [0.29, 0.717) is 13.2 Å². The number of urea groups is 1. The van der Waals surface area contributed by atoms with Crippen LogP contribution in [0.2, 0.25) is 0 Å². The second-order valence-electron chi connectivity index (χ2n) is 5.03. The van der Waals surface area contributed by atoms with Crippen LogP contribution in [0.3, 0.4) is 0 Å². The lowest BCUT2D eigenvalue weighted by Gasteiger charge is -2.37. The van der Waals surface area contributed by atoms with E-state index in [9.17, 15) is 4.79 Å². The smallest absolute Gasteiger partial charge is 0.317 e. The van der Waals surface area contributed by atoms with Gasteiger partial charge in [0, 0.05) is 32.5 Å². The summed E-state index contributed by atoms with van der Waals surface area (Å²) in [6, 6.07) is 0.0546. The first-order valence-corrected chi connectivity index (χ1v) is 7.06. The third-order valence-corrected chi connectivity index (χ3v) is 3.68. The monoisotopic (exact) mass is 256 g/mol. The summed E-state index contributed by atoms with van der Waals surface area (Å²) in [5.74, 6) is -0.390. The Morgan fingerprint density at radius 3 is 2.50 bits per heavy atom. The van der Waals surface area contributed by atoms with Crippen LogP contribution >= 0.6 is 0 Å². The molecule has 2 heterocycles. The number of ether oxygens (including phenoxy) is 2. The largest absolute Gasteiger partial charge is 0.347 e. The van der Waals surface area contributed by atoms with E-state index in [1.54, 1.807) is 0 Å². The molecule has 0 bridgehead atoms. The standard InChI is InChI=1S/C13H24N2O3/c1-2-3-4-7-14-12(16)15-8-5-13(6-9-15)17-10-11-18-13/h2-11H2,1H3,(H,14,16). The van der Waals surface area contributed by atoms with Crippen LogP contribution in [0.5, 0.6) is 0 Å². The first-order chi connectivity index (χ1) is 8.76. The van der Waals surface area contributed by atoms with Gasteiger partial charge in [0.1, 0.15) is 0 Å². The van der Waals surface area contributed by atoms with Gasteiger partial charge in [-0.05, 0) is 6.42 Å². The van der Waals surface area contributed by atoms with Crippen molar-refractivity contribution in [1.29, 1.82) is 0 Å². The number of likely N-dealkylation sites (tertiary alicyclic amines) is 1. The number of hydrogen-bond acceptors (Lipinski definition) is 3. The minimum atomic E-state index is -0.390. The minimum Gasteiger partial charge on any atom is -0.347 e. The van der Waals surface area contributed by atoms with Gasteiger partial charge in [-0.1, -0.05) is 19.8 Å². The molecule has 5 nitrogen and oxygen atoms in total. The average molecular weight is 256 g/mol. The van der Waals surface area contributed by atoms with E-state index < -0.39 is 0 Å². The Bertz CT molecular complexity index is 267. The molecule has 0 aromatic rings. The Kier molecular flexibility index (Phi) is 4.83. The van der Waals surface area contributed by atoms with Crippen molar-refractivity contribution in [3.8, 4) is 0 Å². The second kappa shape index (κ2) is 6.38. The van der Waals surface area contributed by atoms with Crippen molar-refractivity contribution in [1.82, 2.24) is 10.2 Å². The maximum Gasteiger partial charge on any atom is 0.317 e. The molecule has 2 rings (SSSR count). The Balaban J connectivity index is 1.67. The van der Waals surface area contributed by atoms with Gasteiger partial charge in [-0.15, -0.1) is 0 Å². The van der Waals surface area contributed by atoms with Crippen LogP contribution in [0.1, 0.15) is 39.0 Å². The van der Waals surface area contributed by atoms with Gasteiger partial charge >= 0.3 is 6.03 Å². The fourth-order valence-corrected chi connectivity index (χ4v) is 2.52. The van der Waals surface area contributed by atoms with Gasteiger partial charge in [0.05, 0.1) is 13.2 Å². The van der Waals surface area contributed by atoms with Crippen molar-refractivity contribution < 1.29 is 14.3 Å². The van der Waals surface area contributed by atoms with Crippen LogP contribution < -0.4 is 5.32 Å². The zero-order chi connectivity index (χ0) is 12.8. The molecule has 2 amide bonds. The summed E-state index contributed by atoms with van der Waals surface area (Å²) < 4.78 is 11.3. The van der Waals surface area contributed by atoms with Crippen molar-refractivity contribution in [2.45, 2.75) is 44.8 Å². The summed E-state index contributed by atoms with van der Waals surface area (Å²) in [6.45, 7) is 5.75. The molecule has 0 unspecified atom stereocenters. The van der Waals surface area contributed by atoms with Crippen LogP contribution in [0.15, 0.2) is 0 Å². The Labute approximate surface area is 109 Å². The van der Waals surface area contributed by atoms with Crippen LogP contribution in [-0.2, 0) is 9.47 Å². The van der Waals surface area contributed by atoms with Crippen molar-refractivity contribution in [3.05, 3.63) is 0 Å². The van der Waals surface area contributed by atoms with E-state index in [4.69, 9.17) is 9.47 Å². The highest BCUT2D eigenvalue weighted by molar-refractivity contribution is 5.74. The molecule has 0 radical (unpaired) electrons. The van der Waals surface area contributed by atoms with Gasteiger partial charge in [0.2, 0.25) is 0 Å². The van der Waals surface area contributed by atoms with Crippen LogP contribution in [0.25, 0.3) is 0 Å². The lowest BCUT2D eigenvalue weighted by molar-refractivity contribution is -0.181. The molecule has 2 saturated heterocycles. The van der Waals surface area contributed by atoms with Crippen molar-refractivity contribution in [3.63, 3.8) is 0 Å². The summed E-state index contributed by atoms with van der Waals surface area (Å²) in [7, 11) is 0. The van der Waals surface area contributed by atoms with Gasteiger partial charge in [-0.25, -0.2) is 4.79 Å². The average Bonchev–Trinajstić information content (AvgIpc) is 2.84. The number of carbonyl (C=O) groups is 1. The van der Waals surface area contributed by atoms with Crippen molar-refractivity contribution in [2.75, 3.05) is 32.8 Å². The number of rotatable bonds is 4. The second-order valence-corrected chi connectivity index (χ2v) is 5.03. The summed E-state index contributed by atoms with van der Waals surface area (Å²) in [6.07, 6.45) is 4.98. The molecule has 104 valence electrons. The molecule has 0 saturated carbocycles. The molecule has 0 aromatic carbocycles. The third-order valence-electron chi connectivity index (χ3n) is 3.68. The molecule has 2 fully saturated rings. The van der Waals surface area contributed by atoms with Crippen LogP contribution in [0.4, 0.5) is 4.79 Å². The number of hydrogen-bond donors (Lipinski definition) is 1. The lowest BCUT2D eigenvalue weighted by Crippen LogP contribution is -2.50. The fourth-order valence-electron chi connectivity index (χ4n) is 2.52. The number of amides is 2. The number of nitrogens with zero attached hydrogens (tertiary/aromatic N) is 1. The van der Waals surface area contributed by atoms with Crippen LogP contribution in [0, 0.1) is 0 Å². The van der Waals surface area contributed by atoms with E-state index in [1.807, 2.05) is 4.90 Å². The molecule has 0 aromatic heterocycles. The Hall–Kier alpha value is -0.810. The van der Waals surface area contributed by atoms with Gasteiger partial charge in [-0.3, -0.25) is 0 Å². The highest BCUT2D eigenvalue weighted by Gasteiger charge is 2.40. The molecule has 5 heteroatoms. The molecule has 1 spiro atoms. The zero-order valence-corrected chi connectivity index (χ0v) is 11.2. The summed E-state index contributed by atoms with van der Waals surface area (Å²) in [5.41, 5.74) is 0. The number of piperidine rings is 1. The topological polar surface area (TPSA) is 50.8 Å². The molecular weight excluding hydrogens is 232 g/mol. The quantitative estimate of drug-likeness (QED) is 0.779. The molecule has 2 aliphatic rings. The highest BCUT2D eigenvalue weighted by atomic mass is 16.7. The van der Waals surface area contributed by atoms with Gasteiger partial charge in [0.25, 0.3) is 0 Å². The first-order valence-electron chi connectivity index (χ1n) is 7.06. The van der Waals surface area contributed by atoms with E-state index in [1.165, 1.54) is 12.8 Å². The molecule has 0 aliphatic carbocycles. The van der Waals surface area contributed by atoms with E-state index in [0.717, 1.165) is 38.9 Å². The van der Waals surface area contributed by atoms with Gasteiger partial charge in [-0.2, -0.15) is 0 Å². The maximum absolute atomic E-state index is 11.9. The van der Waals surface area contributed by atoms with Crippen LogP contribution in [-0.4, -0.2) is 49.6 Å². The van der Waals surface area contributed by atoms with E-state index in [-0.39, 0.29) is 11.8 Å². The lowest BCUT2D eigenvalue weighted by atomic mass is 10.0. The van der Waals surface area contributed by atoms with E-state index in [2.05, 4.69) is 12.2 Å². The molecule has 18 heavy (non-hydrogen) atoms. The first kappa shape index (κ1) is 13.6. The zero-order valence-electron chi connectivity index (χ0n) is 11.2. The summed E-state index contributed by atoms with van der Waals surface area (Å²) >= 11 is 0. The molecule has 0 atom stereocenters. The third kappa shape index (κ3) is 3.36. The molecular formula is C13H24N2O3. The number of nitrogens with one attached hydrogen (secondary N) is 1. The van der Waals surface area contributed by atoms with Crippen molar-refractivity contribution >= 4 is 6.03 Å². The minimum absolute atomic E-state index is 0.0546. The predicted octanol–water partition coefficient (Wildman–Crippen LogP) is 1.73. The predicted molar refractivity (Wildman–Crippen MR) is 68.4 cm³/mol. The normalized spacial score (nSPS) is 22.4. The fraction of sp³-hybridized carbons (Fsp3) is 0.923. The van der Waals surface area contributed by atoms with Crippen molar-refractivity contribution in [2.24, 2.45) is 0 Å². The molecule has 2 aliphatic heterocycles.